The molecule has 3 rings (SSSR count). The first-order valence-electron chi connectivity index (χ1n) is 7.92. The van der Waals surface area contributed by atoms with E-state index < -0.39 is 0 Å². The van der Waals surface area contributed by atoms with E-state index in [0.717, 1.165) is 12.8 Å². The van der Waals surface area contributed by atoms with Crippen molar-refractivity contribution in [3.05, 3.63) is 48.3 Å². The van der Waals surface area contributed by atoms with E-state index in [1.54, 1.807) is 24.5 Å². The lowest BCUT2D eigenvalue weighted by Gasteiger charge is -2.31. The highest BCUT2D eigenvalue weighted by atomic mass is 16.5. The van der Waals surface area contributed by atoms with Crippen LogP contribution < -0.4 is 5.32 Å². The predicted molar refractivity (Wildman–Crippen MR) is 85.9 cm³/mol. The monoisotopic (exact) mass is 329 g/mol. The molecule has 2 aromatic rings. The molecule has 2 aromatic heterocycles. The molecular formula is C17H19N3O4. The van der Waals surface area contributed by atoms with Gasteiger partial charge in [-0.1, -0.05) is 5.16 Å². The van der Waals surface area contributed by atoms with Crippen molar-refractivity contribution in [2.24, 2.45) is 5.92 Å². The van der Waals surface area contributed by atoms with Gasteiger partial charge < -0.3 is 19.2 Å². The van der Waals surface area contributed by atoms with Crippen LogP contribution in [0.1, 0.15) is 29.2 Å². The lowest BCUT2D eigenvalue weighted by molar-refractivity contribution is -0.127. The minimum absolute atomic E-state index is 0.0180. The lowest BCUT2D eigenvalue weighted by atomic mass is 9.96. The molecule has 126 valence electrons. The molecule has 0 aromatic carbocycles. The number of amides is 2. The molecule has 3 heterocycles. The third kappa shape index (κ3) is 4.13. The van der Waals surface area contributed by atoms with E-state index in [-0.39, 0.29) is 17.6 Å². The van der Waals surface area contributed by atoms with Crippen molar-refractivity contribution in [3.63, 3.8) is 0 Å². The van der Waals surface area contributed by atoms with Crippen LogP contribution in [-0.4, -0.2) is 41.5 Å². The first-order chi connectivity index (χ1) is 11.7. The summed E-state index contributed by atoms with van der Waals surface area (Å²) >= 11 is 0. The molecule has 1 saturated heterocycles. The number of nitrogens with one attached hydrogen (secondary N) is 1. The molecule has 0 atom stereocenters. The van der Waals surface area contributed by atoms with Gasteiger partial charge in [-0.05, 0) is 37.0 Å². The summed E-state index contributed by atoms with van der Waals surface area (Å²) in [5.74, 6) is 0.956. The summed E-state index contributed by atoms with van der Waals surface area (Å²) in [6.07, 6.45) is 7.93. The summed E-state index contributed by atoms with van der Waals surface area (Å²) < 4.78 is 9.97. The van der Waals surface area contributed by atoms with Gasteiger partial charge in [-0.3, -0.25) is 9.59 Å². The average Bonchev–Trinajstić information content (AvgIpc) is 3.31. The zero-order valence-electron chi connectivity index (χ0n) is 13.2. The Bertz CT molecular complexity index is 684. The maximum atomic E-state index is 12.1. The van der Waals surface area contributed by atoms with E-state index in [9.17, 15) is 9.59 Å². The van der Waals surface area contributed by atoms with Gasteiger partial charge in [0, 0.05) is 31.8 Å². The molecular weight excluding hydrogens is 310 g/mol. The Morgan fingerprint density at radius 2 is 2.17 bits per heavy atom. The van der Waals surface area contributed by atoms with Gasteiger partial charge in [-0.25, -0.2) is 0 Å². The average molecular weight is 329 g/mol. The minimum Gasteiger partial charge on any atom is -0.465 e. The van der Waals surface area contributed by atoms with Gasteiger partial charge in [-0.2, -0.15) is 0 Å². The van der Waals surface area contributed by atoms with Gasteiger partial charge in [0.25, 0.3) is 5.91 Å². The quantitative estimate of drug-likeness (QED) is 0.847. The Hall–Kier alpha value is -2.83. The normalized spacial score (nSPS) is 15.8. The van der Waals surface area contributed by atoms with Crippen molar-refractivity contribution in [1.29, 1.82) is 0 Å². The van der Waals surface area contributed by atoms with Crippen LogP contribution in [-0.2, 0) is 4.79 Å². The number of furan rings is 1. The molecule has 2 amide bonds. The van der Waals surface area contributed by atoms with E-state index in [4.69, 9.17) is 8.94 Å². The molecule has 0 saturated carbocycles. The maximum Gasteiger partial charge on any atom is 0.289 e. The summed E-state index contributed by atoms with van der Waals surface area (Å²) in [7, 11) is 0. The number of rotatable bonds is 5. The summed E-state index contributed by atoms with van der Waals surface area (Å²) in [5.41, 5.74) is 0. The highest BCUT2D eigenvalue weighted by Gasteiger charge is 2.22. The number of hydrogen-bond acceptors (Lipinski definition) is 5. The van der Waals surface area contributed by atoms with Gasteiger partial charge in [0.1, 0.15) is 5.76 Å². The van der Waals surface area contributed by atoms with E-state index in [1.807, 2.05) is 4.90 Å². The minimum atomic E-state index is -0.257. The topological polar surface area (TPSA) is 88.6 Å². The van der Waals surface area contributed by atoms with Gasteiger partial charge in [-0.15, -0.1) is 0 Å². The number of aromatic nitrogens is 1. The smallest absolute Gasteiger partial charge is 0.289 e. The molecule has 1 aliphatic heterocycles. The van der Waals surface area contributed by atoms with Gasteiger partial charge in [0.15, 0.2) is 0 Å². The second-order valence-electron chi connectivity index (χ2n) is 5.70. The molecule has 1 aliphatic rings. The van der Waals surface area contributed by atoms with E-state index in [2.05, 4.69) is 10.5 Å². The highest BCUT2D eigenvalue weighted by molar-refractivity contribution is 5.91. The van der Waals surface area contributed by atoms with Gasteiger partial charge >= 0.3 is 0 Å². The van der Waals surface area contributed by atoms with Gasteiger partial charge in [0.2, 0.25) is 11.7 Å². The Morgan fingerprint density at radius 1 is 1.33 bits per heavy atom. The summed E-state index contributed by atoms with van der Waals surface area (Å²) in [6.45, 7) is 1.94. The molecule has 24 heavy (non-hydrogen) atoms. The van der Waals surface area contributed by atoms with Crippen LogP contribution in [0, 0.1) is 5.92 Å². The molecule has 0 bridgehead atoms. The Balaban J connectivity index is 1.40. The number of likely N-dealkylation sites (tertiary alicyclic amines) is 1. The molecule has 0 aliphatic carbocycles. The Labute approximate surface area is 139 Å². The molecule has 1 N–H and O–H groups in total. The molecule has 0 radical (unpaired) electrons. The van der Waals surface area contributed by atoms with Crippen LogP contribution in [0.2, 0.25) is 0 Å². The van der Waals surface area contributed by atoms with Crippen LogP contribution in [0.5, 0.6) is 0 Å². The van der Waals surface area contributed by atoms with Gasteiger partial charge in [0.05, 0.1) is 12.5 Å². The zero-order valence-corrected chi connectivity index (χ0v) is 13.2. The highest BCUT2D eigenvalue weighted by Crippen LogP contribution is 2.17. The van der Waals surface area contributed by atoms with Crippen molar-refractivity contribution in [1.82, 2.24) is 15.4 Å². The molecule has 0 spiro atoms. The second-order valence-corrected chi connectivity index (χ2v) is 5.70. The molecule has 0 unspecified atom stereocenters. The van der Waals surface area contributed by atoms with E-state index >= 15 is 0 Å². The standard InChI is InChI=1S/C17H19N3O4/c21-16(4-3-14-2-1-11-23-14)20-9-6-13(7-10-20)12-18-17(22)15-5-8-19-24-15/h1-5,8,11,13H,6-7,9-10,12H2,(H,18,22)/b4-3+. The fourth-order valence-electron chi connectivity index (χ4n) is 2.66. The third-order valence-electron chi connectivity index (χ3n) is 4.07. The van der Waals surface area contributed by atoms with Crippen LogP contribution in [0.4, 0.5) is 0 Å². The second kappa shape index (κ2) is 7.63. The first kappa shape index (κ1) is 16.0. The van der Waals surface area contributed by atoms with E-state index in [0.29, 0.717) is 31.3 Å². The number of piperidine rings is 1. The number of carbonyl (C=O) groups is 2. The predicted octanol–water partition coefficient (Wildman–Crippen LogP) is 1.95. The van der Waals surface area contributed by atoms with Crippen LogP contribution >= 0.6 is 0 Å². The number of carbonyl (C=O) groups excluding carboxylic acids is 2. The zero-order chi connectivity index (χ0) is 16.8. The fraction of sp³-hybridized carbons (Fsp3) is 0.353. The summed E-state index contributed by atoms with van der Waals surface area (Å²) in [4.78, 5) is 25.7. The lowest BCUT2D eigenvalue weighted by Crippen LogP contribution is -2.40. The summed E-state index contributed by atoms with van der Waals surface area (Å²) in [6, 6.07) is 5.11. The Kier molecular flexibility index (Phi) is 5.10. The van der Waals surface area contributed by atoms with Crippen LogP contribution in [0.3, 0.4) is 0 Å². The van der Waals surface area contributed by atoms with Crippen molar-refractivity contribution in [3.8, 4) is 0 Å². The largest absolute Gasteiger partial charge is 0.465 e. The molecule has 1 fully saturated rings. The SMILES string of the molecule is O=C(NCC1CCN(C(=O)/C=C/c2ccco2)CC1)c1ccno1. The first-order valence-corrected chi connectivity index (χ1v) is 7.92. The van der Waals surface area contributed by atoms with Crippen molar-refractivity contribution in [2.45, 2.75) is 12.8 Å². The van der Waals surface area contributed by atoms with Crippen LogP contribution in [0.15, 0.2) is 45.7 Å². The van der Waals surface area contributed by atoms with Crippen molar-refractivity contribution in [2.75, 3.05) is 19.6 Å². The number of nitrogens with zero attached hydrogens (tertiary/aromatic N) is 2. The van der Waals surface area contributed by atoms with Crippen LogP contribution in [0.25, 0.3) is 6.08 Å². The maximum absolute atomic E-state index is 12.1. The molecule has 7 nitrogen and oxygen atoms in total. The van der Waals surface area contributed by atoms with Crippen molar-refractivity contribution < 1.29 is 18.5 Å². The molecule has 7 heteroatoms. The Morgan fingerprint density at radius 3 is 2.83 bits per heavy atom. The third-order valence-corrected chi connectivity index (χ3v) is 4.07. The number of hydrogen-bond donors (Lipinski definition) is 1. The van der Waals surface area contributed by atoms with E-state index in [1.165, 1.54) is 18.3 Å². The summed E-state index contributed by atoms with van der Waals surface area (Å²) in [5, 5.41) is 6.35. The van der Waals surface area contributed by atoms with Crippen molar-refractivity contribution >= 4 is 17.9 Å². The fourth-order valence-corrected chi connectivity index (χ4v) is 2.66.